The first-order valence-corrected chi connectivity index (χ1v) is 9.53. The second-order valence-electron chi connectivity index (χ2n) is 7.21. The molecule has 0 bridgehead atoms. The summed E-state index contributed by atoms with van der Waals surface area (Å²) in [6.07, 6.45) is 1.56. The fourth-order valence-electron chi connectivity index (χ4n) is 2.98. The molecule has 2 rings (SSSR count). The molecule has 0 amide bonds. The zero-order valence-electron chi connectivity index (χ0n) is 17.9. The summed E-state index contributed by atoms with van der Waals surface area (Å²) < 4.78 is 11.0. The fraction of sp³-hybridized carbons (Fsp3) is 0.435. The molecule has 0 aliphatic rings. The Bertz CT molecular complexity index is 712. The summed E-state index contributed by atoms with van der Waals surface area (Å²) in [5.74, 6) is 0.555. The predicted molar refractivity (Wildman–Crippen MR) is 109 cm³/mol. The first kappa shape index (κ1) is 24.1. The minimum atomic E-state index is -0.802. The molecule has 0 heterocycles. The van der Waals surface area contributed by atoms with E-state index in [0.717, 1.165) is 29.8 Å². The second kappa shape index (κ2) is 11.2. The molecule has 0 aliphatic carbocycles. The van der Waals surface area contributed by atoms with Crippen molar-refractivity contribution in [3.63, 3.8) is 0 Å². The quantitative estimate of drug-likeness (QED) is 0.500. The second-order valence-corrected chi connectivity index (χ2v) is 7.21. The normalized spacial score (nSPS) is 12.1. The number of methoxy groups -OCH3 is 1. The fourth-order valence-corrected chi connectivity index (χ4v) is 2.98. The Morgan fingerprint density at radius 2 is 1.57 bits per heavy atom. The number of rotatable bonds is 9. The third-order valence-electron chi connectivity index (χ3n) is 4.86. The zero-order valence-corrected chi connectivity index (χ0v) is 17.9. The standard InChI is InChI=1S/C23H30NO3.Li/c1-6-19(7-2)27-22(25)23(3,4)21(17-11-9-8-10-12-17)24-18-13-15-20(26-5)16-14-18;/h8-16,19,21H,6-7H2,1-5H3;/q-1;+1/t21-;/m1./s1. The molecule has 5 heteroatoms. The Morgan fingerprint density at radius 3 is 2.07 bits per heavy atom. The summed E-state index contributed by atoms with van der Waals surface area (Å²) >= 11 is 0. The predicted octanol–water partition coefficient (Wildman–Crippen LogP) is 3.20. The van der Waals surface area contributed by atoms with E-state index in [0.29, 0.717) is 0 Å². The molecule has 0 saturated heterocycles. The summed E-state index contributed by atoms with van der Waals surface area (Å²) in [6, 6.07) is 17.1. The molecule has 2 aromatic carbocycles. The van der Waals surface area contributed by atoms with Gasteiger partial charge in [0, 0.05) is 0 Å². The Hall–Kier alpha value is -1.89. The van der Waals surface area contributed by atoms with Gasteiger partial charge < -0.3 is 14.8 Å². The number of nitrogens with zero attached hydrogens (tertiary/aromatic N) is 1. The summed E-state index contributed by atoms with van der Waals surface area (Å²) in [5, 5.41) is 4.90. The minimum absolute atomic E-state index is 0. The van der Waals surface area contributed by atoms with E-state index in [1.54, 1.807) is 7.11 Å². The van der Waals surface area contributed by atoms with Crippen molar-refractivity contribution in [2.24, 2.45) is 5.41 Å². The van der Waals surface area contributed by atoms with E-state index in [1.807, 2.05) is 82.3 Å². The molecule has 0 unspecified atom stereocenters. The van der Waals surface area contributed by atoms with Crippen LogP contribution in [0.25, 0.3) is 5.32 Å². The van der Waals surface area contributed by atoms with E-state index < -0.39 is 5.41 Å². The van der Waals surface area contributed by atoms with Crippen molar-refractivity contribution in [2.45, 2.75) is 52.7 Å². The van der Waals surface area contributed by atoms with Crippen LogP contribution >= 0.6 is 0 Å². The number of benzene rings is 2. The maximum Gasteiger partial charge on any atom is 1.00 e. The van der Waals surface area contributed by atoms with Crippen LogP contribution in [0.4, 0.5) is 5.69 Å². The van der Waals surface area contributed by atoms with Gasteiger partial charge >= 0.3 is 24.8 Å². The zero-order chi connectivity index (χ0) is 19.9. The number of carbonyl (C=O) groups is 1. The van der Waals surface area contributed by atoms with Crippen LogP contribution in [0.1, 0.15) is 52.1 Å². The van der Waals surface area contributed by atoms with Gasteiger partial charge in [0.25, 0.3) is 0 Å². The molecule has 0 N–H and O–H groups in total. The number of ether oxygens (including phenoxy) is 2. The molecular formula is C23H30LiNO3. The van der Waals surface area contributed by atoms with Crippen LogP contribution in [-0.4, -0.2) is 19.2 Å². The molecule has 2 aromatic rings. The number of esters is 1. The molecule has 0 aliphatic heterocycles. The van der Waals surface area contributed by atoms with Gasteiger partial charge in [-0.25, -0.2) is 0 Å². The SMILES string of the molecule is CCC(CC)OC(=O)C(C)(C)[C@H]([N-]c1ccc(OC)cc1)c1ccccc1.[Li+]. The van der Waals surface area contributed by atoms with Crippen LogP contribution < -0.4 is 23.6 Å². The largest absolute Gasteiger partial charge is 1.00 e. The van der Waals surface area contributed by atoms with Gasteiger partial charge in [-0.2, -0.15) is 0 Å². The molecule has 28 heavy (non-hydrogen) atoms. The number of carbonyl (C=O) groups excluding carboxylic acids is 1. The summed E-state index contributed by atoms with van der Waals surface area (Å²) in [5.41, 5.74) is 0.983. The van der Waals surface area contributed by atoms with E-state index in [-0.39, 0.29) is 37.0 Å². The molecule has 0 saturated carbocycles. The van der Waals surface area contributed by atoms with Crippen molar-refractivity contribution < 1.29 is 33.1 Å². The Morgan fingerprint density at radius 1 is 1.00 bits per heavy atom. The van der Waals surface area contributed by atoms with Crippen molar-refractivity contribution in [1.82, 2.24) is 0 Å². The third-order valence-corrected chi connectivity index (χ3v) is 4.86. The van der Waals surface area contributed by atoms with Gasteiger partial charge in [0.05, 0.1) is 12.5 Å². The van der Waals surface area contributed by atoms with Crippen molar-refractivity contribution >= 4 is 11.7 Å². The van der Waals surface area contributed by atoms with E-state index in [1.165, 1.54) is 0 Å². The molecule has 146 valence electrons. The molecule has 0 aromatic heterocycles. The van der Waals surface area contributed by atoms with Gasteiger partial charge in [-0.15, -0.1) is 5.69 Å². The van der Waals surface area contributed by atoms with Crippen molar-refractivity contribution in [3.8, 4) is 5.75 Å². The maximum atomic E-state index is 13.0. The van der Waals surface area contributed by atoms with Gasteiger partial charge in [0.1, 0.15) is 11.9 Å². The Labute approximate surface area is 181 Å². The number of hydrogen-bond donors (Lipinski definition) is 0. The van der Waals surface area contributed by atoms with Crippen LogP contribution in [0.5, 0.6) is 5.75 Å². The van der Waals surface area contributed by atoms with Gasteiger partial charge in [-0.3, -0.25) is 4.79 Å². The third kappa shape index (κ3) is 6.05. The minimum Gasteiger partial charge on any atom is -0.677 e. The first-order valence-electron chi connectivity index (χ1n) is 9.53. The van der Waals surface area contributed by atoms with Crippen molar-refractivity contribution in [1.29, 1.82) is 0 Å². The van der Waals surface area contributed by atoms with E-state index in [4.69, 9.17) is 14.8 Å². The molecule has 0 fully saturated rings. The van der Waals surface area contributed by atoms with Crippen LogP contribution in [0.15, 0.2) is 54.6 Å². The Balaban J connectivity index is 0.00000392. The summed E-state index contributed by atoms with van der Waals surface area (Å²) in [4.78, 5) is 13.0. The van der Waals surface area contributed by atoms with Crippen molar-refractivity contribution in [3.05, 3.63) is 65.5 Å². The molecule has 0 spiro atoms. The first-order chi connectivity index (χ1) is 12.9. The molecule has 4 nitrogen and oxygen atoms in total. The van der Waals surface area contributed by atoms with Crippen LogP contribution in [0, 0.1) is 5.41 Å². The topological polar surface area (TPSA) is 49.6 Å². The van der Waals surface area contributed by atoms with Gasteiger partial charge in [-0.1, -0.05) is 81.8 Å². The van der Waals surface area contributed by atoms with Gasteiger partial charge in [0.2, 0.25) is 0 Å². The van der Waals surface area contributed by atoms with Crippen molar-refractivity contribution in [2.75, 3.05) is 7.11 Å². The van der Waals surface area contributed by atoms with Crippen LogP contribution in [0.3, 0.4) is 0 Å². The molecular weight excluding hydrogens is 345 g/mol. The monoisotopic (exact) mass is 375 g/mol. The van der Waals surface area contributed by atoms with E-state index in [2.05, 4.69) is 0 Å². The summed E-state index contributed by atoms with van der Waals surface area (Å²) in [6.45, 7) is 7.88. The summed E-state index contributed by atoms with van der Waals surface area (Å²) in [7, 11) is 1.63. The van der Waals surface area contributed by atoms with E-state index in [9.17, 15) is 4.79 Å². The van der Waals surface area contributed by atoms with E-state index >= 15 is 0 Å². The van der Waals surface area contributed by atoms with Gasteiger partial charge in [0.15, 0.2) is 0 Å². The molecule has 0 radical (unpaired) electrons. The Kier molecular flexibility index (Phi) is 9.65. The molecule has 1 atom stereocenters. The smallest absolute Gasteiger partial charge is 0.677 e. The number of hydrogen-bond acceptors (Lipinski definition) is 3. The van der Waals surface area contributed by atoms with Crippen LogP contribution in [-0.2, 0) is 9.53 Å². The average Bonchev–Trinajstić information content (AvgIpc) is 2.70. The van der Waals surface area contributed by atoms with Crippen LogP contribution in [0.2, 0.25) is 0 Å². The van der Waals surface area contributed by atoms with Gasteiger partial charge in [-0.05, 0) is 25.0 Å². The maximum absolute atomic E-state index is 13.0. The average molecular weight is 375 g/mol.